The molecule has 2 N–H and O–H groups in total. The van der Waals surface area contributed by atoms with Crippen molar-refractivity contribution >= 4 is 0 Å². The molecule has 0 radical (unpaired) electrons. The standard InChI is InChI=1S/C10H17N/c1-4-7-10(11,8-5-2)9-6-3/h4-6H,1-3,7-9,11H2. The van der Waals surface area contributed by atoms with Crippen LogP contribution in [-0.4, -0.2) is 5.54 Å². The fraction of sp³-hybridized carbons (Fsp3) is 0.400. The molecule has 0 amide bonds. The van der Waals surface area contributed by atoms with Crippen LogP contribution in [-0.2, 0) is 0 Å². The Bertz CT molecular complexity index is 120. The molecular formula is C10H17N. The molecule has 0 aromatic heterocycles. The largest absolute Gasteiger partial charge is 0.324 e. The summed E-state index contributed by atoms with van der Waals surface area (Å²) in [5.74, 6) is 0. The third kappa shape index (κ3) is 3.79. The van der Waals surface area contributed by atoms with E-state index in [0.717, 1.165) is 19.3 Å². The van der Waals surface area contributed by atoms with E-state index in [-0.39, 0.29) is 5.54 Å². The van der Waals surface area contributed by atoms with Crippen LogP contribution in [0.15, 0.2) is 38.0 Å². The SMILES string of the molecule is C=CCC(N)(CC=C)CC=C. The zero-order valence-corrected chi connectivity index (χ0v) is 7.05. The number of rotatable bonds is 6. The summed E-state index contributed by atoms with van der Waals surface area (Å²) in [6.45, 7) is 11.0. The lowest BCUT2D eigenvalue weighted by atomic mass is 9.89. The maximum Gasteiger partial charge on any atom is 0.0258 e. The summed E-state index contributed by atoms with van der Waals surface area (Å²) in [6.07, 6.45) is 7.95. The fourth-order valence-electron chi connectivity index (χ4n) is 1.11. The molecule has 0 rings (SSSR count). The third-order valence-corrected chi connectivity index (χ3v) is 1.65. The molecule has 0 aliphatic carbocycles. The van der Waals surface area contributed by atoms with Gasteiger partial charge in [0.05, 0.1) is 0 Å². The van der Waals surface area contributed by atoms with Gasteiger partial charge in [-0.05, 0) is 19.3 Å². The zero-order valence-electron chi connectivity index (χ0n) is 7.05. The molecule has 0 aliphatic heterocycles. The molecular weight excluding hydrogens is 134 g/mol. The lowest BCUT2D eigenvalue weighted by Gasteiger charge is -2.25. The minimum atomic E-state index is -0.203. The van der Waals surface area contributed by atoms with Gasteiger partial charge in [-0.1, -0.05) is 18.2 Å². The van der Waals surface area contributed by atoms with Gasteiger partial charge in [0.1, 0.15) is 0 Å². The van der Waals surface area contributed by atoms with E-state index < -0.39 is 0 Å². The molecule has 1 nitrogen and oxygen atoms in total. The highest BCUT2D eigenvalue weighted by atomic mass is 14.7. The number of nitrogens with two attached hydrogens (primary N) is 1. The van der Waals surface area contributed by atoms with Gasteiger partial charge in [0.2, 0.25) is 0 Å². The van der Waals surface area contributed by atoms with Crippen molar-refractivity contribution in [2.75, 3.05) is 0 Å². The van der Waals surface area contributed by atoms with Crippen LogP contribution >= 0.6 is 0 Å². The van der Waals surface area contributed by atoms with Gasteiger partial charge in [0.15, 0.2) is 0 Å². The molecule has 0 aromatic carbocycles. The van der Waals surface area contributed by atoms with Gasteiger partial charge in [-0.2, -0.15) is 0 Å². The number of hydrogen-bond acceptors (Lipinski definition) is 1. The molecule has 0 bridgehead atoms. The molecule has 0 atom stereocenters. The average Bonchev–Trinajstić information content (AvgIpc) is 1.88. The molecule has 1 heteroatoms. The highest BCUT2D eigenvalue weighted by Gasteiger charge is 2.18. The van der Waals surface area contributed by atoms with E-state index in [1.807, 2.05) is 18.2 Å². The number of hydrogen-bond donors (Lipinski definition) is 1. The van der Waals surface area contributed by atoms with Crippen molar-refractivity contribution in [2.24, 2.45) is 5.73 Å². The smallest absolute Gasteiger partial charge is 0.0258 e. The Morgan fingerprint density at radius 1 is 0.909 bits per heavy atom. The molecule has 0 heterocycles. The van der Waals surface area contributed by atoms with Crippen LogP contribution in [0.1, 0.15) is 19.3 Å². The Morgan fingerprint density at radius 2 is 1.18 bits per heavy atom. The predicted octanol–water partition coefficient (Wildman–Crippen LogP) is 2.41. The van der Waals surface area contributed by atoms with Gasteiger partial charge in [0.25, 0.3) is 0 Å². The van der Waals surface area contributed by atoms with Gasteiger partial charge < -0.3 is 5.73 Å². The van der Waals surface area contributed by atoms with Crippen molar-refractivity contribution in [1.82, 2.24) is 0 Å². The molecule has 11 heavy (non-hydrogen) atoms. The van der Waals surface area contributed by atoms with Crippen LogP contribution in [0, 0.1) is 0 Å². The van der Waals surface area contributed by atoms with E-state index >= 15 is 0 Å². The maximum absolute atomic E-state index is 6.02. The molecule has 0 unspecified atom stereocenters. The summed E-state index contributed by atoms with van der Waals surface area (Å²) in [4.78, 5) is 0. The first-order valence-electron chi connectivity index (χ1n) is 3.80. The van der Waals surface area contributed by atoms with E-state index in [2.05, 4.69) is 19.7 Å². The van der Waals surface area contributed by atoms with Crippen molar-refractivity contribution in [1.29, 1.82) is 0 Å². The van der Waals surface area contributed by atoms with Gasteiger partial charge in [0, 0.05) is 5.54 Å². The monoisotopic (exact) mass is 151 g/mol. The Kier molecular flexibility index (Phi) is 4.55. The van der Waals surface area contributed by atoms with Crippen molar-refractivity contribution in [2.45, 2.75) is 24.8 Å². The minimum Gasteiger partial charge on any atom is -0.324 e. The van der Waals surface area contributed by atoms with Crippen molar-refractivity contribution in [3.05, 3.63) is 38.0 Å². The summed E-state index contributed by atoms with van der Waals surface area (Å²) < 4.78 is 0. The summed E-state index contributed by atoms with van der Waals surface area (Å²) >= 11 is 0. The first kappa shape index (κ1) is 10.2. The van der Waals surface area contributed by atoms with E-state index in [1.54, 1.807) is 0 Å². The first-order valence-corrected chi connectivity index (χ1v) is 3.80. The van der Waals surface area contributed by atoms with Gasteiger partial charge >= 0.3 is 0 Å². The summed E-state index contributed by atoms with van der Waals surface area (Å²) in [7, 11) is 0. The van der Waals surface area contributed by atoms with Crippen LogP contribution < -0.4 is 5.73 Å². The second-order valence-corrected chi connectivity index (χ2v) is 2.84. The van der Waals surface area contributed by atoms with Crippen LogP contribution in [0.5, 0.6) is 0 Å². The van der Waals surface area contributed by atoms with Crippen LogP contribution in [0.2, 0.25) is 0 Å². The maximum atomic E-state index is 6.02. The van der Waals surface area contributed by atoms with Crippen LogP contribution in [0.3, 0.4) is 0 Å². The van der Waals surface area contributed by atoms with E-state index in [4.69, 9.17) is 5.73 Å². The molecule has 0 saturated heterocycles. The second kappa shape index (κ2) is 4.91. The van der Waals surface area contributed by atoms with Gasteiger partial charge in [-0.25, -0.2) is 0 Å². The van der Waals surface area contributed by atoms with Crippen molar-refractivity contribution < 1.29 is 0 Å². The highest BCUT2D eigenvalue weighted by Crippen LogP contribution is 2.17. The summed E-state index contributed by atoms with van der Waals surface area (Å²) in [5.41, 5.74) is 5.81. The molecule has 0 saturated carbocycles. The normalized spacial score (nSPS) is 10.6. The van der Waals surface area contributed by atoms with E-state index in [0.29, 0.717) is 0 Å². The fourth-order valence-corrected chi connectivity index (χ4v) is 1.11. The van der Waals surface area contributed by atoms with E-state index in [9.17, 15) is 0 Å². The van der Waals surface area contributed by atoms with Gasteiger partial charge in [-0.3, -0.25) is 0 Å². The Labute approximate surface area is 69.3 Å². The third-order valence-electron chi connectivity index (χ3n) is 1.65. The molecule has 0 spiro atoms. The lowest BCUT2D eigenvalue weighted by Crippen LogP contribution is -2.37. The summed E-state index contributed by atoms with van der Waals surface area (Å²) in [5, 5.41) is 0. The first-order chi connectivity index (χ1) is 5.18. The van der Waals surface area contributed by atoms with Gasteiger partial charge in [-0.15, -0.1) is 19.7 Å². The van der Waals surface area contributed by atoms with E-state index in [1.165, 1.54) is 0 Å². The quantitative estimate of drug-likeness (QED) is 0.580. The highest BCUT2D eigenvalue weighted by molar-refractivity contribution is 4.99. The zero-order chi connectivity index (χ0) is 8.74. The Hall–Kier alpha value is -0.820. The Morgan fingerprint density at radius 3 is 1.36 bits per heavy atom. The second-order valence-electron chi connectivity index (χ2n) is 2.84. The Balaban J connectivity index is 4.09. The van der Waals surface area contributed by atoms with Crippen molar-refractivity contribution in [3.8, 4) is 0 Å². The molecule has 0 aromatic rings. The predicted molar refractivity (Wildman–Crippen MR) is 51.4 cm³/mol. The molecule has 0 fully saturated rings. The minimum absolute atomic E-state index is 0.203. The van der Waals surface area contributed by atoms with Crippen LogP contribution in [0.4, 0.5) is 0 Å². The topological polar surface area (TPSA) is 26.0 Å². The summed E-state index contributed by atoms with van der Waals surface area (Å²) in [6, 6.07) is 0. The average molecular weight is 151 g/mol. The van der Waals surface area contributed by atoms with Crippen molar-refractivity contribution in [3.63, 3.8) is 0 Å². The van der Waals surface area contributed by atoms with Crippen LogP contribution in [0.25, 0.3) is 0 Å². The lowest BCUT2D eigenvalue weighted by molar-refractivity contribution is 0.440. The molecule has 0 aliphatic rings. The molecule has 62 valence electrons.